The molecule has 1 N–H and O–H groups in total. The SMILES string of the molecule is CCC1CN(C)CCCN1C(=O)c1ccc(O)cc1C. The molecule has 1 aliphatic heterocycles. The van der Waals surface area contributed by atoms with Crippen molar-refractivity contribution in [3.63, 3.8) is 0 Å². The van der Waals surface area contributed by atoms with Gasteiger partial charge in [-0.2, -0.15) is 0 Å². The molecule has 0 aliphatic carbocycles. The highest BCUT2D eigenvalue weighted by Gasteiger charge is 2.27. The van der Waals surface area contributed by atoms with Crippen LogP contribution in [0.3, 0.4) is 0 Å². The molecule has 0 spiro atoms. The number of hydrogen-bond donors (Lipinski definition) is 1. The van der Waals surface area contributed by atoms with Crippen molar-refractivity contribution in [2.45, 2.75) is 32.7 Å². The average molecular weight is 276 g/mol. The minimum atomic E-state index is 0.0876. The van der Waals surface area contributed by atoms with Gasteiger partial charge in [0, 0.05) is 24.7 Å². The topological polar surface area (TPSA) is 43.8 Å². The molecule has 1 amide bonds. The van der Waals surface area contributed by atoms with Crippen molar-refractivity contribution < 1.29 is 9.90 Å². The Kier molecular flexibility index (Phi) is 4.65. The molecule has 2 rings (SSSR count). The van der Waals surface area contributed by atoms with Crippen molar-refractivity contribution in [3.8, 4) is 5.75 Å². The quantitative estimate of drug-likeness (QED) is 0.901. The van der Waals surface area contributed by atoms with E-state index in [0.29, 0.717) is 5.56 Å². The number of rotatable bonds is 2. The van der Waals surface area contributed by atoms with Gasteiger partial charge in [0.25, 0.3) is 5.91 Å². The number of phenolic OH excluding ortho intramolecular Hbond substituents is 1. The molecule has 1 aliphatic rings. The fourth-order valence-electron chi connectivity index (χ4n) is 2.90. The summed E-state index contributed by atoms with van der Waals surface area (Å²) in [5.41, 5.74) is 1.54. The molecule has 1 aromatic rings. The Hall–Kier alpha value is -1.55. The maximum absolute atomic E-state index is 12.8. The summed E-state index contributed by atoms with van der Waals surface area (Å²) in [6.07, 6.45) is 1.98. The molecule has 110 valence electrons. The lowest BCUT2D eigenvalue weighted by Crippen LogP contribution is -2.43. The Balaban J connectivity index is 2.25. The zero-order valence-corrected chi connectivity index (χ0v) is 12.6. The van der Waals surface area contributed by atoms with Gasteiger partial charge in [0.05, 0.1) is 0 Å². The van der Waals surface area contributed by atoms with Gasteiger partial charge in [-0.3, -0.25) is 4.79 Å². The first kappa shape index (κ1) is 14.9. The predicted octanol–water partition coefficient (Wildman–Crippen LogP) is 2.26. The van der Waals surface area contributed by atoms with Crippen LogP contribution in [0.1, 0.15) is 35.7 Å². The Labute approximate surface area is 121 Å². The third-order valence-electron chi connectivity index (χ3n) is 4.07. The van der Waals surface area contributed by atoms with Crippen molar-refractivity contribution in [2.75, 3.05) is 26.7 Å². The van der Waals surface area contributed by atoms with E-state index in [9.17, 15) is 9.90 Å². The van der Waals surface area contributed by atoms with E-state index in [1.165, 1.54) is 0 Å². The summed E-state index contributed by atoms with van der Waals surface area (Å²) < 4.78 is 0. The highest BCUT2D eigenvalue weighted by Crippen LogP contribution is 2.21. The molecule has 0 bridgehead atoms. The Morgan fingerprint density at radius 3 is 2.80 bits per heavy atom. The number of nitrogens with zero attached hydrogens (tertiary/aromatic N) is 2. The molecular formula is C16H24N2O2. The Morgan fingerprint density at radius 2 is 2.15 bits per heavy atom. The molecule has 0 radical (unpaired) electrons. The van der Waals surface area contributed by atoms with E-state index in [1.807, 2.05) is 11.8 Å². The van der Waals surface area contributed by atoms with Gasteiger partial charge in [0.2, 0.25) is 0 Å². The highest BCUT2D eigenvalue weighted by molar-refractivity contribution is 5.96. The Morgan fingerprint density at radius 1 is 1.40 bits per heavy atom. The number of aryl methyl sites for hydroxylation is 1. The van der Waals surface area contributed by atoms with E-state index in [-0.39, 0.29) is 17.7 Å². The van der Waals surface area contributed by atoms with E-state index < -0.39 is 0 Å². The minimum Gasteiger partial charge on any atom is -0.508 e. The molecule has 1 atom stereocenters. The molecule has 1 saturated heterocycles. The summed E-state index contributed by atoms with van der Waals surface area (Å²) in [5.74, 6) is 0.298. The second-order valence-electron chi connectivity index (χ2n) is 5.68. The first-order valence-electron chi connectivity index (χ1n) is 7.32. The first-order valence-corrected chi connectivity index (χ1v) is 7.32. The second-order valence-corrected chi connectivity index (χ2v) is 5.68. The van der Waals surface area contributed by atoms with Crippen molar-refractivity contribution in [1.82, 2.24) is 9.80 Å². The van der Waals surface area contributed by atoms with Crippen LogP contribution in [0.25, 0.3) is 0 Å². The smallest absolute Gasteiger partial charge is 0.254 e. The van der Waals surface area contributed by atoms with Gasteiger partial charge in [-0.25, -0.2) is 0 Å². The maximum Gasteiger partial charge on any atom is 0.254 e. The molecule has 1 fully saturated rings. The second kappa shape index (κ2) is 6.27. The predicted molar refractivity (Wildman–Crippen MR) is 80.1 cm³/mol. The van der Waals surface area contributed by atoms with Gasteiger partial charge in [-0.15, -0.1) is 0 Å². The fourth-order valence-corrected chi connectivity index (χ4v) is 2.90. The van der Waals surface area contributed by atoms with Crippen LogP contribution in [0, 0.1) is 6.92 Å². The summed E-state index contributed by atoms with van der Waals surface area (Å²) in [6.45, 7) is 6.78. The van der Waals surface area contributed by atoms with Crippen molar-refractivity contribution in [3.05, 3.63) is 29.3 Å². The van der Waals surface area contributed by atoms with Crippen LogP contribution >= 0.6 is 0 Å². The first-order chi connectivity index (χ1) is 9.52. The van der Waals surface area contributed by atoms with Crippen LogP contribution in [0.4, 0.5) is 0 Å². The minimum absolute atomic E-state index is 0.0876. The fraction of sp³-hybridized carbons (Fsp3) is 0.562. The molecule has 4 heteroatoms. The summed E-state index contributed by atoms with van der Waals surface area (Å²) >= 11 is 0. The number of benzene rings is 1. The third-order valence-corrected chi connectivity index (χ3v) is 4.07. The number of amides is 1. The van der Waals surface area contributed by atoms with Crippen molar-refractivity contribution in [1.29, 1.82) is 0 Å². The lowest BCUT2D eigenvalue weighted by atomic mass is 10.1. The van der Waals surface area contributed by atoms with E-state index >= 15 is 0 Å². The van der Waals surface area contributed by atoms with E-state index in [4.69, 9.17) is 0 Å². The van der Waals surface area contributed by atoms with Crippen molar-refractivity contribution >= 4 is 5.91 Å². The lowest BCUT2D eigenvalue weighted by molar-refractivity contribution is 0.0675. The van der Waals surface area contributed by atoms with Gasteiger partial charge >= 0.3 is 0 Å². The van der Waals surface area contributed by atoms with Crippen LogP contribution in [0.5, 0.6) is 5.75 Å². The molecule has 1 unspecified atom stereocenters. The lowest BCUT2D eigenvalue weighted by Gasteiger charge is -2.30. The number of carbonyl (C=O) groups excluding carboxylic acids is 1. The molecule has 0 saturated carbocycles. The van der Waals surface area contributed by atoms with Crippen LogP contribution < -0.4 is 0 Å². The van der Waals surface area contributed by atoms with Crippen molar-refractivity contribution in [2.24, 2.45) is 0 Å². The number of carbonyl (C=O) groups is 1. The van der Waals surface area contributed by atoms with Crippen LogP contribution in [-0.4, -0.2) is 53.5 Å². The largest absolute Gasteiger partial charge is 0.508 e. The maximum atomic E-state index is 12.8. The monoisotopic (exact) mass is 276 g/mol. The van der Waals surface area contributed by atoms with Gasteiger partial charge in [-0.1, -0.05) is 6.92 Å². The van der Waals surface area contributed by atoms with Gasteiger partial charge in [0.15, 0.2) is 0 Å². The molecule has 0 aromatic heterocycles. The molecular weight excluding hydrogens is 252 g/mol. The molecule has 1 aromatic carbocycles. The van der Waals surface area contributed by atoms with E-state index in [0.717, 1.165) is 38.0 Å². The van der Waals surface area contributed by atoms with Crippen LogP contribution in [-0.2, 0) is 0 Å². The molecule has 1 heterocycles. The summed E-state index contributed by atoms with van der Waals surface area (Å²) in [7, 11) is 2.11. The number of likely N-dealkylation sites (N-methyl/N-ethyl adjacent to an activating group) is 1. The van der Waals surface area contributed by atoms with E-state index in [2.05, 4.69) is 18.9 Å². The highest BCUT2D eigenvalue weighted by atomic mass is 16.3. The Bertz CT molecular complexity index is 487. The standard InChI is InChI=1S/C16H24N2O2/c1-4-13-11-17(3)8-5-9-18(13)16(20)15-7-6-14(19)10-12(15)2/h6-7,10,13,19H,4-5,8-9,11H2,1-3H3. The number of aromatic hydroxyl groups is 1. The molecule has 4 nitrogen and oxygen atoms in total. The van der Waals surface area contributed by atoms with Crippen LogP contribution in [0.2, 0.25) is 0 Å². The summed E-state index contributed by atoms with van der Waals surface area (Å²) in [6, 6.07) is 5.24. The normalized spacial score (nSPS) is 20.8. The van der Waals surface area contributed by atoms with Crippen LogP contribution in [0.15, 0.2) is 18.2 Å². The summed E-state index contributed by atoms with van der Waals surface area (Å²) in [5, 5.41) is 9.48. The number of phenols is 1. The average Bonchev–Trinajstić information content (AvgIpc) is 2.59. The zero-order chi connectivity index (χ0) is 14.7. The van der Waals surface area contributed by atoms with E-state index in [1.54, 1.807) is 18.2 Å². The van der Waals surface area contributed by atoms with Gasteiger partial charge < -0.3 is 14.9 Å². The number of hydrogen-bond acceptors (Lipinski definition) is 3. The summed E-state index contributed by atoms with van der Waals surface area (Å²) in [4.78, 5) is 17.1. The zero-order valence-electron chi connectivity index (χ0n) is 12.6. The third kappa shape index (κ3) is 3.12. The van der Waals surface area contributed by atoms with Gasteiger partial charge in [0.1, 0.15) is 5.75 Å². The van der Waals surface area contributed by atoms with Gasteiger partial charge in [-0.05, 0) is 57.1 Å². The molecule has 20 heavy (non-hydrogen) atoms.